The van der Waals surface area contributed by atoms with E-state index in [1.165, 1.54) is 0 Å². The first kappa shape index (κ1) is 18.0. The number of carbonyl (C=O) groups is 1. The number of carboxylic acid groups (broad SMARTS) is 1. The number of ether oxygens (including phenoxy) is 2. The van der Waals surface area contributed by atoms with E-state index in [0.717, 1.165) is 12.0 Å². The maximum Gasteiger partial charge on any atom is 0.511 e. The average molecular weight is 351 g/mol. The van der Waals surface area contributed by atoms with Crippen LogP contribution in [-0.4, -0.2) is 27.8 Å². The third-order valence-electron chi connectivity index (χ3n) is 3.14. The highest BCUT2D eigenvalue weighted by atomic mass is 35.5. The van der Waals surface area contributed by atoms with Crippen LogP contribution in [0.15, 0.2) is 24.3 Å². The van der Waals surface area contributed by atoms with Gasteiger partial charge in [0.15, 0.2) is 5.82 Å². The number of rotatable bonds is 6. The number of hydrogen-bond acceptors (Lipinski definition) is 5. The molecule has 0 spiro atoms. The van der Waals surface area contributed by atoms with Gasteiger partial charge in [-0.2, -0.15) is 4.98 Å². The molecule has 0 amide bonds. The van der Waals surface area contributed by atoms with E-state index in [4.69, 9.17) is 26.2 Å². The van der Waals surface area contributed by atoms with Crippen LogP contribution in [0.3, 0.4) is 0 Å². The third kappa shape index (κ3) is 4.35. The molecule has 6 nitrogen and oxygen atoms in total. The lowest BCUT2D eigenvalue weighted by molar-refractivity contribution is 0.140. The smallest absolute Gasteiger partial charge is 0.475 e. The topological polar surface area (TPSA) is 81.5 Å². The van der Waals surface area contributed by atoms with Crippen molar-refractivity contribution < 1.29 is 19.4 Å². The Morgan fingerprint density at radius 2 is 1.92 bits per heavy atom. The SMILES string of the molecule is CCCOc1nc(-c2ccc(Cl)cc2)nc(C(C)C)c1OC(=O)O. The lowest BCUT2D eigenvalue weighted by Gasteiger charge is -2.16. The second-order valence-corrected chi connectivity index (χ2v) is 5.88. The number of nitrogens with zero attached hydrogens (tertiary/aromatic N) is 2. The Labute approximate surface area is 145 Å². The second-order valence-electron chi connectivity index (χ2n) is 5.44. The van der Waals surface area contributed by atoms with Crippen LogP contribution in [0.4, 0.5) is 4.79 Å². The minimum Gasteiger partial charge on any atom is -0.475 e. The quantitative estimate of drug-likeness (QED) is 0.756. The highest BCUT2D eigenvalue weighted by molar-refractivity contribution is 6.30. The molecule has 0 saturated carbocycles. The van der Waals surface area contributed by atoms with Gasteiger partial charge in [-0.05, 0) is 36.6 Å². The van der Waals surface area contributed by atoms with Gasteiger partial charge in [0.1, 0.15) is 0 Å². The number of aromatic nitrogens is 2. The average Bonchev–Trinajstić information content (AvgIpc) is 2.53. The van der Waals surface area contributed by atoms with Crippen LogP contribution in [0.5, 0.6) is 11.6 Å². The molecule has 2 aromatic rings. The molecule has 0 aliphatic carbocycles. The van der Waals surface area contributed by atoms with Crippen molar-refractivity contribution in [2.24, 2.45) is 0 Å². The van der Waals surface area contributed by atoms with Crippen LogP contribution in [0.1, 0.15) is 38.8 Å². The Balaban J connectivity index is 2.58. The molecule has 0 unspecified atom stereocenters. The molecule has 1 aromatic carbocycles. The van der Waals surface area contributed by atoms with Gasteiger partial charge in [0.05, 0.1) is 12.3 Å². The van der Waals surface area contributed by atoms with Crippen molar-refractivity contribution in [1.29, 1.82) is 0 Å². The Bertz CT molecular complexity index is 717. The molecule has 128 valence electrons. The second kappa shape index (κ2) is 7.97. The number of benzene rings is 1. The van der Waals surface area contributed by atoms with E-state index in [9.17, 15) is 4.79 Å². The van der Waals surface area contributed by atoms with Gasteiger partial charge in [-0.25, -0.2) is 9.78 Å². The van der Waals surface area contributed by atoms with Gasteiger partial charge in [0.25, 0.3) is 5.88 Å². The summed E-state index contributed by atoms with van der Waals surface area (Å²) >= 11 is 5.91. The van der Waals surface area contributed by atoms with Crippen LogP contribution in [0.25, 0.3) is 11.4 Å². The zero-order valence-electron chi connectivity index (χ0n) is 13.7. The van der Waals surface area contributed by atoms with Crippen molar-refractivity contribution >= 4 is 17.8 Å². The summed E-state index contributed by atoms with van der Waals surface area (Å²) in [5.74, 6) is 0.531. The lowest BCUT2D eigenvalue weighted by Crippen LogP contribution is -2.12. The number of hydrogen-bond donors (Lipinski definition) is 1. The Kier molecular flexibility index (Phi) is 5.98. The van der Waals surface area contributed by atoms with E-state index in [1.807, 2.05) is 20.8 Å². The van der Waals surface area contributed by atoms with Gasteiger partial charge in [-0.15, -0.1) is 0 Å². The molecule has 0 radical (unpaired) electrons. The first-order valence-electron chi connectivity index (χ1n) is 7.63. The largest absolute Gasteiger partial charge is 0.511 e. The van der Waals surface area contributed by atoms with Crippen LogP contribution < -0.4 is 9.47 Å². The summed E-state index contributed by atoms with van der Waals surface area (Å²) < 4.78 is 10.5. The normalized spacial score (nSPS) is 10.7. The molecule has 1 N–H and O–H groups in total. The van der Waals surface area contributed by atoms with Crippen molar-refractivity contribution in [2.45, 2.75) is 33.1 Å². The molecule has 24 heavy (non-hydrogen) atoms. The molecule has 0 aliphatic heterocycles. The van der Waals surface area contributed by atoms with Crippen molar-refractivity contribution in [2.75, 3.05) is 6.61 Å². The molecule has 0 bridgehead atoms. The minimum atomic E-state index is -1.43. The van der Waals surface area contributed by atoms with Crippen molar-refractivity contribution in [1.82, 2.24) is 9.97 Å². The zero-order chi connectivity index (χ0) is 17.7. The molecular weight excluding hydrogens is 332 g/mol. The van der Waals surface area contributed by atoms with E-state index < -0.39 is 6.16 Å². The summed E-state index contributed by atoms with van der Waals surface area (Å²) in [5, 5.41) is 9.60. The summed E-state index contributed by atoms with van der Waals surface area (Å²) in [6.45, 7) is 6.13. The molecule has 0 fully saturated rings. The Morgan fingerprint density at radius 1 is 1.25 bits per heavy atom. The first-order chi connectivity index (χ1) is 11.4. The van der Waals surface area contributed by atoms with Gasteiger partial charge >= 0.3 is 6.16 Å². The molecule has 7 heteroatoms. The van der Waals surface area contributed by atoms with Crippen LogP contribution in [0, 0.1) is 0 Å². The highest BCUT2D eigenvalue weighted by Gasteiger charge is 2.22. The fraction of sp³-hybridized carbons (Fsp3) is 0.353. The summed E-state index contributed by atoms with van der Waals surface area (Å²) in [6.07, 6.45) is -0.676. The van der Waals surface area contributed by atoms with Crippen molar-refractivity contribution in [3.63, 3.8) is 0 Å². The van der Waals surface area contributed by atoms with Gasteiger partial charge in [-0.1, -0.05) is 32.4 Å². The van der Waals surface area contributed by atoms with Crippen molar-refractivity contribution in [3.05, 3.63) is 35.0 Å². The fourth-order valence-electron chi connectivity index (χ4n) is 2.05. The van der Waals surface area contributed by atoms with E-state index in [0.29, 0.717) is 23.1 Å². The zero-order valence-corrected chi connectivity index (χ0v) is 14.5. The van der Waals surface area contributed by atoms with E-state index in [2.05, 4.69) is 9.97 Å². The van der Waals surface area contributed by atoms with Crippen LogP contribution in [-0.2, 0) is 0 Å². The summed E-state index contributed by atoms with van der Waals surface area (Å²) in [4.78, 5) is 19.8. The van der Waals surface area contributed by atoms with Gasteiger partial charge in [0, 0.05) is 10.6 Å². The standard InChI is InChI=1S/C17H19ClN2O4/c1-4-9-23-16-14(24-17(21)22)13(10(2)3)19-15(20-16)11-5-7-12(18)8-6-11/h5-8,10H,4,9H2,1-3H3,(H,21,22). The molecule has 1 aromatic heterocycles. The first-order valence-corrected chi connectivity index (χ1v) is 8.01. The Morgan fingerprint density at radius 3 is 2.46 bits per heavy atom. The molecule has 0 atom stereocenters. The molecule has 2 rings (SSSR count). The summed E-state index contributed by atoms with van der Waals surface area (Å²) in [5.41, 5.74) is 1.23. The molecular formula is C17H19ClN2O4. The van der Waals surface area contributed by atoms with E-state index in [-0.39, 0.29) is 17.5 Å². The summed E-state index contributed by atoms with van der Waals surface area (Å²) in [6, 6.07) is 7.07. The molecule has 1 heterocycles. The lowest BCUT2D eigenvalue weighted by atomic mass is 10.1. The minimum absolute atomic E-state index is 0.0451. The maximum absolute atomic E-state index is 11.0. The highest BCUT2D eigenvalue weighted by Crippen LogP contribution is 2.35. The third-order valence-corrected chi connectivity index (χ3v) is 3.39. The molecule has 0 aliphatic rings. The van der Waals surface area contributed by atoms with Crippen LogP contribution in [0.2, 0.25) is 5.02 Å². The summed E-state index contributed by atoms with van der Waals surface area (Å²) in [7, 11) is 0. The van der Waals surface area contributed by atoms with E-state index >= 15 is 0 Å². The fourth-order valence-corrected chi connectivity index (χ4v) is 2.17. The van der Waals surface area contributed by atoms with Gasteiger partial charge < -0.3 is 14.6 Å². The van der Waals surface area contributed by atoms with Gasteiger partial charge in [-0.3, -0.25) is 0 Å². The Hall–Kier alpha value is -2.34. The van der Waals surface area contributed by atoms with Gasteiger partial charge in [0.2, 0.25) is 5.75 Å². The maximum atomic E-state index is 11.0. The number of halogens is 1. The predicted molar refractivity (Wildman–Crippen MR) is 91.0 cm³/mol. The monoisotopic (exact) mass is 350 g/mol. The van der Waals surface area contributed by atoms with Crippen molar-refractivity contribution in [3.8, 4) is 23.0 Å². The van der Waals surface area contributed by atoms with E-state index in [1.54, 1.807) is 24.3 Å². The van der Waals surface area contributed by atoms with Crippen LogP contribution >= 0.6 is 11.6 Å². The predicted octanol–water partition coefficient (Wildman–Crippen LogP) is 4.77. The molecule has 0 saturated heterocycles.